The second kappa shape index (κ2) is 5.19. The summed E-state index contributed by atoms with van der Waals surface area (Å²) in [6.07, 6.45) is 2.32. The minimum absolute atomic E-state index is 0.0311. The van der Waals surface area contributed by atoms with Crippen molar-refractivity contribution in [2.45, 2.75) is 24.9 Å². The highest BCUT2D eigenvalue weighted by Gasteiger charge is 2.46. The van der Waals surface area contributed by atoms with Crippen LogP contribution in [0.1, 0.15) is 29.6 Å². The van der Waals surface area contributed by atoms with E-state index in [0.717, 1.165) is 12.8 Å². The van der Waals surface area contributed by atoms with Crippen LogP contribution in [0.5, 0.6) is 0 Å². The first kappa shape index (κ1) is 13.6. The highest BCUT2D eigenvalue weighted by molar-refractivity contribution is 6.30. The van der Waals surface area contributed by atoms with E-state index in [2.05, 4.69) is 0 Å². The molecule has 2 heterocycles. The average molecular weight is 294 g/mol. The van der Waals surface area contributed by atoms with Gasteiger partial charge in [0.1, 0.15) is 5.60 Å². The van der Waals surface area contributed by atoms with Gasteiger partial charge in [-0.1, -0.05) is 11.6 Å². The number of ether oxygens (including phenoxy) is 1. The number of likely N-dealkylation sites (tertiary alicyclic amines) is 1. The van der Waals surface area contributed by atoms with Gasteiger partial charge in [0.15, 0.2) is 5.78 Å². The topological polar surface area (TPSA) is 46.6 Å². The van der Waals surface area contributed by atoms with Crippen molar-refractivity contribution in [1.29, 1.82) is 0 Å². The summed E-state index contributed by atoms with van der Waals surface area (Å²) < 4.78 is 5.64. The van der Waals surface area contributed by atoms with E-state index in [4.69, 9.17) is 16.3 Å². The molecule has 0 aromatic heterocycles. The molecule has 0 radical (unpaired) electrons. The van der Waals surface area contributed by atoms with Crippen molar-refractivity contribution in [1.82, 2.24) is 4.90 Å². The smallest absolute Gasteiger partial charge is 0.254 e. The fraction of sp³-hybridized carbons (Fsp3) is 0.467. The molecule has 0 N–H and O–H groups in total. The van der Waals surface area contributed by atoms with Crippen molar-refractivity contribution < 1.29 is 14.3 Å². The molecule has 106 valence electrons. The lowest BCUT2D eigenvalue weighted by Crippen LogP contribution is -2.53. The van der Waals surface area contributed by atoms with Gasteiger partial charge in [-0.2, -0.15) is 0 Å². The SMILES string of the molecule is O=C(c1ccc(Cl)cc1)N1CC[C@]2(CCCO2)C(=O)C1. The molecule has 2 fully saturated rings. The molecule has 1 amide bonds. The van der Waals surface area contributed by atoms with Gasteiger partial charge in [0.05, 0.1) is 6.54 Å². The number of hydrogen-bond donors (Lipinski definition) is 0. The first-order valence-corrected chi connectivity index (χ1v) is 7.21. The average Bonchev–Trinajstić information content (AvgIpc) is 2.92. The number of amides is 1. The van der Waals surface area contributed by atoms with Crippen LogP contribution in [0, 0.1) is 0 Å². The quantitative estimate of drug-likeness (QED) is 0.798. The minimum Gasteiger partial charge on any atom is -0.367 e. The minimum atomic E-state index is -0.614. The number of halogens is 1. The van der Waals surface area contributed by atoms with Crippen molar-refractivity contribution in [2.24, 2.45) is 0 Å². The predicted octanol–water partition coefficient (Wildman–Crippen LogP) is 2.30. The van der Waals surface area contributed by atoms with Gasteiger partial charge in [-0.15, -0.1) is 0 Å². The van der Waals surface area contributed by atoms with Crippen LogP contribution < -0.4 is 0 Å². The van der Waals surface area contributed by atoms with Crippen molar-refractivity contribution >= 4 is 23.3 Å². The number of Topliss-reactive ketones (excluding diaryl/α,β-unsaturated/α-hetero) is 1. The number of hydrogen-bond acceptors (Lipinski definition) is 3. The molecule has 2 aliphatic heterocycles. The predicted molar refractivity (Wildman–Crippen MR) is 74.9 cm³/mol. The Morgan fingerprint density at radius 3 is 2.60 bits per heavy atom. The number of rotatable bonds is 1. The number of carbonyl (C=O) groups is 2. The van der Waals surface area contributed by atoms with Gasteiger partial charge in [0, 0.05) is 30.2 Å². The van der Waals surface area contributed by atoms with Gasteiger partial charge < -0.3 is 9.64 Å². The zero-order valence-corrected chi connectivity index (χ0v) is 11.9. The molecule has 5 heteroatoms. The Morgan fingerprint density at radius 1 is 1.25 bits per heavy atom. The standard InChI is InChI=1S/C15H16ClNO3/c16-12-4-2-11(3-5-12)14(19)17-8-7-15(13(18)10-17)6-1-9-20-15/h2-5H,1,6-10H2/t15-/m1/s1. The number of piperidine rings is 1. The van der Waals surface area contributed by atoms with Crippen molar-refractivity contribution in [3.63, 3.8) is 0 Å². The number of nitrogens with zero attached hydrogens (tertiary/aromatic N) is 1. The summed E-state index contributed by atoms with van der Waals surface area (Å²) in [5.74, 6) is -0.0913. The Morgan fingerprint density at radius 2 is 2.00 bits per heavy atom. The van der Waals surface area contributed by atoms with Gasteiger partial charge in [-0.05, 0) is 37.1 Å². The van der Waals surface area contributed by atoms with Crippen molar-refractivity contribution in [3.05, 3.63) is 34.9 Å². The maximum absolute atomic E-state index is 12.3. The molecule has 0 saturated carbocycles. The van der Waals surface area contributed by atoms with Crippen molar-refractivity contribution in [3.8, 4) is 0 Å². The molecule has 0 bridgehead atoms. The summed E-state index contributed by atoms with van der Waals surface area (Å²) in [5.41, 5.74) is -0.0537. The van der Waals surface area contributed by atoms with E-state index >= 15 is 0 Å². The van der Waals surface area contributed by atoms with Crippen LogP contribution in [0.4, 0.5) is 0 Å². The third kappa shape index (κ3) is 2.34. The molecule has 1 atom stereocenters. The van der Waals surface area contributed by atoms with Crippen LogP contribution in [0.3, 0.4) is 0 Å². The maximum Gasteiger partial charge on any atom is 0.254 e. The summed E-state index contributed by atoms with van der Waals surface area (Å²) in [4.78, 5) is 26.2. The molecule has 3 rings (SSSR count). The Kier molecular flexibility index (Phi) is 3.52. The van der Waals surface area contributed by atoms with E-state index < -0.39 is 5.60 Å². The van der Waals surface area contributed by atoms with Crippen LogP contribution in [-0.4, -0.2) is 41.9 Å². The van der Waals surface area contributed by atoms with Gasteiger partial charge in [-0.3, -0.25) is 9.59 Å². The first-order chi connectivity index (χ1) is 9.61. The van der Waals surface area contributed by atoms with E-state index in [1.54, 1.807) is 29.2 Å². The molecule has 2 aliphatic rings. The lowest BCUT2D eigenvalue weighted by molar-refractivity contribution is -0.144. The van der Waals surface area contributed by atoms with Crippen molar-refractivity contribution in [2.75, 3.05) is 19.7 Å². The van der Waals surface area contributed by atoms with E-state index in [1.165, 1.54) is 0 Å². The number of carbonyl (C=O) groups excluding carboxylic acids is 2. The second-order valence-corrected chi connectivity index (χ2v) is 5.79. The van der Waals surface area contributed by atoms with Crippen LogP contribution in [-0.2, 0) is 9.53 Å². The fourth-order valence-corrected chi connectivity index (χ4v) is 3.04. The molecule has 1 aromatic carbocycles. The Hall–Kier alpha value is -1.39. The zero-order chi connectivity index (χ0) is 14.2. The summed E-state index contributed by atoms with van der Waals surface area (Å²) in [5, 5.41) is 0.592. The molecule has 20 heavy (non-hydrogen) atoms. The first-order valence-electron chi connectivity index (χ1n) is 6.83. The number of benzene rings is 1. The normalized spacial score (nSPS) is 26.2. The maximum atomic E-state index is 12.3. The molecule has 2 saturated heterocycles. The molecule has 4 nitrogen and oxygen atoms in total. The van der Waals surface area contributed by atoms with Gasteiger partial charge in [0.25, 0.3) is 5.91 Å². The molecule has 1 spiro atoms. The Balaban J connectivity index is 1.72. The molecule has 0 unspecified atom stereocenters. The monoisotopic (exact) mass is 293 g/mol. The van der Waals surface area contributed by atoms with E-state index in [-0.39, 0.29) is 18.2 Å². The fourth-order valence-electron chi connectivity index (χ4n) is 2.91. The van der Waals surface area contributed by atoms with Crippen LogP contribution in [0.15, 0.2) is 24.3 Å². The van der Waals surface area contributed by atoms with Crippen LogP contribution >= 0.6 is 11.6 Å². The molecule has 1 aromatic rings. The van der Waals surface area contributed by atoms with Gasteiger partial charge in [0.2, 0.25) is 0 Å². The lowest BCUT2D eigenvalue weighted by atomic mass is 9.87. The Labute approximate surface area is 122 Å². The van der Waals surface area contributed by atoms with E-state index in [9.17, 15) is 9.59 Å². The lowest BCUT2D eigenvalue weighted by Gasteiger charge is -2.37. The third-order valence-corrected chi connectivity index (χ3v) is 4.36. The van der Waals surface area contributed by atoms with Gasteiger partial charge in [-0.25, -0.2) is 0 Å². The molecule has 0 aliphatic carbocycles. The van der Waals surface area contributed by atoms with E-state index in [0.29, 0.717) is 30.2 Å². The van der Waals surface area contributed by atoms with Crippen LogP contribution in [0.25, 0.3) is 0 Å². The summed E-state index contributed by atoms with van der Waals surface area (Å²) >= 11 is 5.81. The summed E-state index contributed by atoms with van der Waals surface area (Å²) in [6.45, 7) is 1.35. The molecular weight excluding hydrogens is 278 g/mol. The van der Waals surface area contributed by atoms with E-state index in [1.807, 2.05) is 0 Å². The summed E-state index contributed by atoms with van der Waals surface area (Å²) in [6, 6.07) is 6.74. The number of ketones is 1. The highest BCUT2D eigenvalue weighted by atomic mass is 35.5. The zero-order valence-electron chi connectivity index (χ0n) is 11.1. The van der Waals surface area contributed by atoms with Crippen LogP contribution in [0.2, 0.25) is 5.02 Å². The summed E-state index contributed by atoms with van der Waals surface area (Å²) in [7, 11) is 0. The third-order valence-electron chi connectivity index (χ3n) is 4.11. The molecular formula is C15H16ClNO3. The van der Waals surface area contributed by atoms with Gasteiger partial charge >= 0.3 is 0 Å². The second-order valence-electron chi connectivity index (χ2n) is 5.35. The Bertz CT molecular complexity index is 535. The largest absolute Gasteiger partial charge is 0.367 e. The highest BCUT2D eigenvalue weighted by Crippen LogP contribution is 2.33.